The second kappa shape index (κ2) is 10.4. The van der Waals surface area contributed by atoms with Crippen molar-refractivity contribution in [2.75, 3.05) is 0 Å². The van der Waals surface area contributed by atoms with Crippen LogP contribution < -0.4 is 24.0 Å². The van der Waals surface area contributed by atoms with Crippen molar-refractivity contribution in [2.45, 2.75) is 56.8 Å². The Hall–Kier alpha value is -1.27. The van der Waals surface area contributed by atoms with Crippen LogP contribution in [0.25, 0.3) is 28.3 Å². The molecule has 0 spiro atoms. The standard InChI is InChI=1S/C23H31Si2.C12H9Si.2ClH.Zr/c1-16-11-18-10-9-17(2)23(22(18)12-16)19-13-20(24(3,4)5)15-21(14-19)25(6,7)8;1-3-7-11-9(5-1)10-6-2-4-8-12(10)13-11;;;/h9-15H,1-8H3;1-7H,13H2;2*1H;/q;;;;+2/p-2. The second-order valence-electron chi connectivity index (χ2n) is 14.2. The first-order chi connectivity index (χ1) is 19.2. The summed E-state index contributed by atoms with van der Waals surface area (Å²) < 4.78 is 1.42. The second-order valence-corrected chi connectivity index (χ2v) is 40.2. The molecule has 1 unspecified atom stereocenters. The summed E-state index contributed by atoms with van der Waals surface area (Å²) in [5.41, 5.74) is 10.9. The molecule has 0 nitrogen and oxygen atoms in total. The van der Waals surface area contributed by atoms with Gasteiger partial charge in [-0.3, -0.25) is 0 Å². The summed E-state index contributed by atoms with van der Waals surface area (Å²) in [5, 5.41) is 6.10. The van der Waals surface area contributed by atoms with E-state index in [2.05, 4.69) is 132 Å². The van der Waals surface area contributed by atoms with Crippen LogP contribution in [0.2, 0.25) is 39.3 Å². The molecule has 1 atom stereocenters. The summed E-state index contributed by atoms with van der Waals surface area (Å²) >= 11 is -3.93. The molecular weight excluding hydrogens is 667 g/mol. The fourth-order valence-electron chi connectivity index (χ4n) is 6.84. The number of halogens is 2. The first-order valence-corrected chi connectivity index (χ1v) is 32.1. The monoisotopic (exact) mass is 704 g/mol. The Kier molecular flexibility index (Phi) is 7.57. The fraction of sp³-hybridized carbons (Fsp3) is 0.257. The van der Waals surface area contributed by atoms with Crippen LogP contribution in [0.15, 0.2) is 78.4 Å². The molecule has 0 N–H and O–H groups in total. The minimum atomic E-state index is -3.93. The summed E-state index contributed by atoms with van der Waals surface area (Å²) in [4.78, 5) is 0. The Bertz CT molecular complexity index is 1710. The van der Waals surface area contributed by atoms with E-state index < -0.39 is 43.5 Å². The van der Waals surface area contributed by atoms with Crippen LogP contribution >= 0.6 is 17.0 Å². The van der Waals surface area contributed by atoms with Gasteiger partial charge in [0.25, 0.3) is 0 Å². The molecule has 41 heavy (non-hydrogen) atoms. The van der Waals surface area contributed by atoms with Crippen molar-refractivity contribution >= 4 is 72.8 Å². The van der Waals surface area contributed by atoms with Gasteiger partial charge in [0.15, 0.2) is 0 Å². The number of aryl methyl sites for hydroxylation is 1. The number of hydrogen-bond acceptors (Lipinski definition) is 0. The molecule has 210 valence electrons. The van der Waals surface area contributed by atoms with Gasteiger partial charge in [-0.2, -0.15) is 0 Å². The van der Waals surface area contributed by atoms with Crippen LogP contribution in [0.4, 0.5) is 0 Å². The zero-order valence-corrected chi connectivity index (χ0v) is 32.9. The van der Waals surface area contributed by atoms with E-state index in [1.54, 1.807) is 10.4 Å². The van der Waals surface area contributed by atoms with Gasteiger partial charge in [-0.15, -0.1) is 0 Å². The fourth-order valence-corrected chi connectivity index (χ4v) is 26.5. The van der Waals surface area contributed by atoms with E-state index in [1.807, 2.05) is 0 Å². The van der Waals surface area contributed by atoms with E-state index in [9.17, 15) is 0 Å². The summed E-state index contributed by atoms with van der Waals surface area (Å²) in [6.45, 7) is 19.3. The van der Waals surface area contributed by atoms with Crippen molar-refractivity contribution in [1.29, 1.82) is 0 Å². The number of benzene rings is 4. The van der Waals surface area contributed by atoms with Gasteiger partial charge in [-0.1, -0.05) is 0 Å². The van der Waals surface area contributed by atoms with Crippen LogP contribution in [-0.4, -0.2) is 25.7 Å². The maximum atomic E-state index is 7.79. The van der Waals surface area contributed by atoms with Crippen LogP contribution in [0, 0.1) is 6.92 Å². The third-order valence-corrected chi connectivity index (χ3v) is 27.7. The van der Waals surface area contributed by atoms with E-state index in [4.69, 9.17) is 17.0 Å². The first-order valence-electron chi connectivity index (χ1n) is 14.7. The van der Waals surface area contributed by atoms with Crippen molar-refractivity contribution in [2.24, 2.45) is 0 Å². The molecule has 4 aromatic carbocycles. The van der Waals surface area contributed by atoms with E-state index in [0.717, 1.165) is 0 Å². The molecule has 1 aliphatic carbocycles. The van der Waals surface area contributed by atoms with Gasteiger partial charge >= 0.3 is 265 Å². The molecular formula is C35H40Cl2Si3Zr. The maximum absolute atomic E-state index is 7.79. The van der Waals surface area contributed by atoms with Crippen LogP contribution in [0.3, 0.4) is 0 Å². The summed E-state index contributed by atoms with van der Waals surface area (Å²) in [7, 11) is 12.0. The molecule has 1 aliphatic heterocycles. The number of hydrogen-bond donors (Lipinski definition) is 0. The van der Waals surface area contributed by atoms with Gasteiger partial charge in [0.2, 0.25) is 0 Å². The molecule has 0 radical (unpaired) electrons. The van der Waals surface area contributed by atoms with Gasteiger partial charge in [0.05, 0.1) is 0 Å². The Balaban J connectivity index is 1.51. The van der Waals surface area contributed by atoms with Gasteiger partial charge in [-0.25, -0.2) is 0 Å². The Morgan fingerprint density at radius 2 is 1.37 bits per heavy atom. The molecule has 6 rings (SSSR count). The van der Waals surface area contributed by atoms with Crippen LogP contribution in [0.1, 0.15) is 27.2 Å². The normalized spacial score (nSPS) is 16.9. The average molecular weight is 707 g/mol. The van der Waals surface area contributed by atoms with Gasteiger partial charge < -0.3 is 0 Å². The summed E-state index contributed by atoms with van der Waals surface area (Å²) in [6, 6.07) is 27.8. The minimum absolute atomic E-state index is 0.114. The average Bonchev–Trinajstić information content (AvgIpc) is 3.44. The van der Waals surface area contributed by atoms with Crippen molar-refractivity contribution < 1.29 is 17.9 Å². The van der Waals surface area contributed by atoms with E-state index in [-0.39, 0.29) is 3.63 Å². The van der Waals surface area contributed by atoms with Crippen molar-refractivity contribution in [3.8, 4) is 22.3 Å². The van der Waals surface area contributed by atoms with Crippen LogP contribution in [-0.2, 0) is 17.9 Å². The molecule has 2 aliphatic rings. The predicted octanol–water partition coefficient (Wildman–Crippen LogP) is 7.10. The Morgan fingerprint density at radius 3 is 2.02 bits per heavy atom. The number of rotatable bonds is 5. The van der Waals surface area contributed by atoms with E-state index in [0.29, 0.717) is 0 Å². The summed E-state index contributed by atoms with van der Waals surface area (Å²) in [6.07, 6.45) is 2.42. The third kappa shape index (κ3) is 5.15. The predicted molar refractivity (Wildman–Crippen MR) is 190 cm³/mol. The van der Waals surface area contributed by atoms with Crippen molar-refractivity contribution in [1.82, 2.24) is 0 Å². The van der Waals surface area contributed by atoms with E-state index in [1.165, 1.54) is 58.2 Å². The molecule has 6 heteroatoms. The van der Waals surface area contributed by atoms with Gasteiger partial charge in [0, 0.05) is 0 Å². The number of allylic oxidation sites excluding steroid dienone is 1. The molecule has 1 heterocycles. The molecule has 0 saturated heterocycles. The van der Waals surface area contributed by atoms with Crippen molar-refractivity contribution in [3.63, 3.8) is 0 Å². The third-order valence-electron chi connectivity index (χ3n) is 9.15. The SMILES string of the molecule is CC1=Cc2c(ccc(C)c2-c2cc([Si](C)(C)C)cc([Si](C)(C)C)c2)[CH]1[Zr]([Cl])([Cl])[c]1cccc2c1[SiH2]c1ccccc1-2. The van der Waals surface area contributed by atoms with Gasteiger partial charge in [-0.05, 0) is 0 Å². The van der Waals surface area contributed by atoms with E-state index >= 15 is 0 Å². The summed E-state index contributed by atoms with van der Waals surface area (Å²) in [5.74, 6) is 0. The molecule has 0 fully saturated rings. The molecule has 0 aromatic heterocycles. The quantitative estimate of drug-likeness (QED) is 0.171. The Labute approximate surface area is 262 Å². The van der Waals surface area contributed by atoms with Crippen molar-refractivity contribution in [3.05, 3.63) is 95.1 Å². The van der Waals surface area contributed by atoms with Crippen LogP contribution in [0.5, 0.6) is 0 Å². The zero-order chi connectivity index (χ0) is 29.5. The van der Waals surface area contributed by atoms with Gasteiger partial charge in [0.1, 0.15) is 0 Å². The molecule has 0 saturated carbocycles. The molecule has 4 aromatic rings. The first kappa shape index (κ1) is 29.8. The molecule has 0 amide bonds. The number of fused-ring (bicyclic) bond motifs is 4. The topological polar surface area (TPSA) is 0 Å². The molecule has 0 bridgehead atoms. The Morgan fingerprint density at radius 1 is 0.732 bits per heavy atom. The zero-order valence-electron chi connectivity index (χ0n) is 25.5.